The number of amides is 1. The summed E-state index contributed by atoms with van der Waals surface area (Å²) < 4.78 is 26.3. The van der Waals surface area contributed by atoms with E-state index in [0.717, 1.165) is 0 Å². The number of methoxy groups -OCH3 is 2. The summed E-state index contributed by atoms with van der Waals surface area (Å²) in [4.78, 5) is 23.9. The van der Waals surface area contributed by atoms with Crippen molar-refractivity contribution in [2.24, 2.45) is 0 Å². The Balaban J connectivity index is 1.53. The van der Waals surface area contributed by atoms with Gasteiger partial charge in [0, 0.05) is 23.4 Å². The number of anilines is 1. The van der Waals surface area contributed by atoms with Crippen molar-refractivity contribution in [2.45, 2.75) is 0 Å². The minimum Gasteiger partial charge on any atom is -0.497 e. The predicted octanol–water partition coefficient (Wildman–Crippen LogP) is 2.67. The van der Waals surface area contributed by atoms with Gasteiger partial charge in [-0.2, -0.15) is 0 Å². The van der Waals surface area contributed by atoms with Gasteiger partial charge in [-0.05, 0) is 36.4 Å². The Hall–Kier alpha value is -3.68. The lowest BCUT2D eigenvalue weighted by atomic mass is 10.1. The molecular formula is C21H21NO7. The monoisotopic (exact) mass is 399 g/mol. The summed E-state index contributed by atoms with van der Waals surface area (Å²) in [5.41, 5.74) is 1.16. The summed E-state index contributed by atoms with van der Waals surface area (Å²) in [7, 11) is 3.07. The van der Waals surface area contributed by atoms with E-state index in [1.165, 1.54) is 19.3 Å². The standard InChI is InChI=1S/C21H21NO7/c1-25-16-5-7-17(26-2)14(11-16)3-8-21(24)29-13-20(23)22-15-4-6-18-19(12-15)28-10-9-27-18/h3-8,11-12H,9-10,13H2,1-2H3,(H,22,23)/b8-3+. The van der Waals surface area contributed by atoms with Crippen molar-refractivity contribution < 1.29 is 33.3 Å². The molecule has 0 aromatic heterocycles. The molecule has 29 heavy (non-hydrogen) atoms. The number of carbonyl (C=O) groups excluding carboxylic acids is 2. The molecule has 3 rings (SSSR count). The van der Waals surface area contributed by atoms with Gasteiger partial charge in [0.25, 0.3) is 5.91 Å². The number of hydrogen-bond acceptors (Lipinski definition) is 7. The lowest BCUT2D eigenvalue weighted by Crippen LogP contribution is -2.20. The smallest absolute Gasteiger partial charge is 0.331 e. The van der Waals surface area contributed by atoms with Crippen LogP contribution in [-0.4, -0.2) is 45.9 Å². The number of hydrogen-bond donors (Lipinski definition) is 1. The third-order valence-corrected chi connectivity index (χ3v) is 4.01. The molecule has 0 radical (unpaired) electrons. The highest BCUT2D eigenvalue weighted by molar-refractivity contribution is 5.95. The molecule has 0 bridgehead atoms. The van der Waals surface area contributed by atoms with Gasteiger partial charge < -0.3 is 29.0 Å². The Morgan fingerprint density at radius 1 is 1.03 bits per heavy atom. The van der Waals surface area contributed by atoms with Crippen LogP contribution in [0.5, 0.6) is 23.0 Å². The van der Waals surface area contributed by atoms with Gasteiger partial charge in [0.05, 0.1) is 14.2 Å². The van der Waals surface area contributed by atoms with Crippen molar-refractivity contribution in [3.63, 3.8) is 0 Å². The SMILES string of the molecule is COc1ccc(OC)c(/C=C/C(=O)OCC(=O)Nc2ccc3c(c2)OCCO3)c1. The van der Waals surface area contributed by atoms with Crippen LogP contribution >= 0.6 is 0 Å². The molecule has 2 aromatic carbocycles. The van der Waals surface area contributed by atoms with Crippen LogP contribution in [0.1, 0.15) is 5.56 Å². The molecule has 8 heteroatoms. The third kappa shape index (κ3) is 5.41. The minimum absolute atomic E-state index is 0.424. The molecule has 0 fully saturated rings. The number of fused-ring (bicyclic) bond motifs is 1. The number of ether oxygens (including phenoxy) is 5. The quantitative estimate of drug-likeness (QED) is 0.565. The molecule has 2 aromatic rings. The van der Waals surface area contributed by atoms with Gasteiger partial charge in [-0.1, -0.05) is 0 Å². The van der Waals surface area contributed by atoms with E-state index in [2.05, 4.69) is 5.32 Å². The molecule has 1 aliphatic heterocycles. The Morgan fingerprint density at radius 2 is 1.83 bits per heavy atom. The van der Waals surface area contributed by atoms with E-state index in [-0.39, 0.29) is 0 Å². The maximum atomic E-state index is 12.0. The molecule has 8 nitrogen and oxygen atoms in total. The van der Waals surface area contributed by atoms with E-state index in [1.807, 2.05) is 0 Å². The third-order valence-electron chi connectivity index (χ3n) is 4.01. The fourth-order valence-electron chi connectivity index (χ4n) is 2.63. The maximum absolute atomic E-state index is 12.0. The molecule has 1 N–H and O–H groups in total. The summed E-state index contributed by atoms with van der Waals surface area (Å²) in [5, 5.41) is 2.64. The van der Waals surface area contributed by atoms with Gasteiger partial charge in [-0.3, -0.25) is 4.79 Å². The highest BCUT2D eigenvalue weighted by atomic mass is 16.6. The number of nitrogens with one attached hydrogen (secondary N) is 1. The molecule has 0 spiro atoms. The molecule has 1 aliphatic rings. The van der Waals surface area contributed by atoms with Gasteiger partial charge in [-0.25, -0.2) is 4.79 Å². The number of benzene rings is 2. The fourth-order valence-corrected chi connectivity index (χ4v) is 2.63. The Kier molecular flexibility index (Phi) is 6.57. The molecular weight excluding hydrogens is 378 g/mol. The number of esters is 1. The highest BCUT2D eigenvalue weighted by Crippen LogP contribution is 2.32. The van der Waals surface area contributed by atoms with Crippen LogP contribution < -0.4 is 24.3 Å². The van der Waals surface area contributed by atoms with Gasteiger partial charge in [0.15, 0.2) is 18.1 Å². The summed E-state index contributed by atoms with van der Waals surface area (Å²) >= 11 is 0. The summed E-state index contributed by atoms with van der Waals surface area (Å²) in [6.45, 7) is 0.517. The second-order valence-corrected chi connectivity index (χ2v) is 5.96. The van der Waals surface area contributed by atoms with Crippen molar-refractivity contribution in [1.82, 2.24) is 0 Å². The van der Waals surface area contributed by atoms with Crippen molar-refractivity contribution >= 4 is 23.6 Å². The van der Waals surface area contributed by atoms with Crippen molar-refractivity contribution in [3.05, 3.63) is 48.0 Å². The first-order valence-corrected chi connectivity index (χ1v) is 8.85. The molecule has 0 saturated carbocycles. The Labute approximate surface area is 168 Å². The van der Waals surface area contributed by atoms with Crippen LogP contribution in [0.3, 0.4) is 0 Å². The Morgan fingerprint density at radius 3 is 2.59 bits per heavy atom. The first-order valence-electron chi connectivity index (χ1n) is 8.85. The topological polar surface area (TPSA) is 92.3 Å². The van der Waals surface area contributed by atoms with Crippen LogP contribution in [0.15, 0.2) is 42.5 Å². The molecule has 1 amide bonds. The number of rotatable bonds is 7. The van der Waals surface area contributed by atoms with E-state index < -0.39 is 18.5 Å². The second-order valence-electron chi connectivity index (χ2n) is 5.96. The zero-order valence-corrected chi connectivity index (χ0v) is 16.1. The van der Waals surface area contributed by atoms with E-state index in [9.17, 15) is 9.59 Å². The minimum atomic E-state index is -0.660. The zero-order chi connectivity index (χ0) is 20.6. The molecule has 0 unspecified atom stereocenters. The molecule has 152 valence electrons. The maximum Gasteiger partial charge on any atom is 0.331 e. The summed E-state index contributed by atoms with van der Waals surface area (Å²) in [6.07, 6.45) is 2.75. The molecule has 0 atom stereocenters. The average molecular weight is 399 g/mol. The van der Waals surface area contributed by atoms with E-state index in [1.54, 1.807) is 43.5 Å². The largest absolute Gasteiger partial charge is 0.497 e. The first kappa shape index (κ1) is 20.1. The van der Waals surface area contributed by atoms with Gasteiger partial charge in [0.2, 0.25) is 0 Å². The summed E-state index contributed by atoms with van der Waals surface area (Å²) in [5.74, 6) is 1.25. The Bertz CT molecular complexity index is 923. The lowest BCUT2D eigenvalue weighted by molar-refractivity contribution is -0.142. The second kappa shape index (κ2) is 9.50. The summed E-state index contributed by atoms with van der Waals surface area (Å²) in [6, 6.07) is 10.2. The van der Waals surface area contributed by atoms with Crippen molar-refractivity contribution in [3.8, 4) is 23.0 Å². The molecule has 0 aliphatic carbocycles. The fraction of sp³-hybridized carbons (Fsp3) is 0.238. The van der Waals surface area contributed by atoms with Crippen molar-refractivity contribution in [2.75, 3.05) is 39.4 Å². The van der Waals surface area contributed by atoms with Crippen LogP contribution in [-0.2, 0) is 14.3 Å². The van der Waals surface area contributed by atoms with Gasteiger partial charge >= 0.3 is 5.97 Å². The van der Waals surface area contributed by atoms with E-state index in [0.29, 0.717) is 47.5 Å². The zero-order valence-electron chi connectivity index (χ0n) is 16.1. The van der Waals surface area contributed by atoms with Gasteiger partial charge in [0.1, 0.15) is 24.7 Å². The van der Waals surface area contributed by atoms with Crippen LogP contribution in [0.25, 0.3) is 6.08 Å². The van der Waals surface area contributed by atoms with Crippen molar-refractivity contribution in [1.29, 1.82) is 0 Å². The van der Waals surface area contributed by atoms with Gasteiger partial charge in [-0.15, -0.1) is 0 Å². The lowest BCUT2D eigenvalue weighted by Gasteiger charge is -2.18. The van der Waals surface area contributed by atoms with Crippen LogP contribution in [0.4, 0.5) is 5.69 Å². The number of carbonyl (C=O) groups is 2. The average Bonchev–Trinajstić information content (AvgIpc) is 2.75. The van der Waals surface area contributed by atoms with E-state index >= 15 is 0 Å². The first-order chi connectivity index (χ1) is 14.1. The molecule has 0 saturated heterocycles. The van der Waals surface area contributed by atoms with Crippen LogP contribution in [0.2, 0.25) is 0 Å². The predicted molar refractivity (Wildman–Crippen MR) is 106 cm³/mol. The normalized spacial score (nSPS) is 12.3. The van der Waals surface area contributed by atoms with E-state index in [4.69, 9.17) is 23.7 Å². The van der Waals surface area contributed by atoms with Crippen LogP contribution in [0, 0.1) is 0 Å². The highest BCUT2D eigenvalue weighted by Gasteiger charge is 2.13. The molecule has 1 heterocycles.